The molecule has 0 radical (unpaired) electrons. The number of aliphatic hydroxyl groups is 1. The van der Waals surface area contributed by atoms with Gasteiger partial charge in [0.2, 0.25) is 5.95 Å². The molecule has 0 fully saturated rings. The molecule has 0 unspecified atom stereocenters. The van der Waals surface area contributed by atoms with Crippen molar-refractivity contribution in [1.29, 1.82) is 0 Å². The van der Waals surface area contributed by atoms with Gasteiger partial charge in [0.1, 0.15) is 0 Å². The number of rotatable bonds is 3. The molecule has 1 heterocycles. The summed E-state index contributed by atoms with van der Waals surface area (Å²) in [6, 6.07) is 0. The second-order valence-electron chi connectivity index (χ2n) is 2.34. The molecule has 0 aliphatic rings. The van der Waals surface area contributed by atoms with Crippen molar-refractivity contribution in [3.8, 4) is 0 Å². The number of aliphatic hydroxyl groups excluding tert-OH is 1. The molecule has 0 saturated carbocycles. The predicted molar refractivity (Wildman–Crippen MR) is 38.4 cm³/mol. The van der Waals surface area contributed by atoms with Crippen LogP contribution in [0.25, 0.3) is 0 Å². The van der Waals surface area contributed by atoms with Gasteiger partial charge < -0.3 is 5.11 Å². The molecule has 3 nitrogen and oxygen atoms in total. The summed E-state index contributed by atoms with van der Waals surface area (Å²) in [7, 11) is 0. The highest BCUT2D eigenvalue weighted by atomic mass is 19.1. The quantitative estimate of drug-likeness (QED) is 0.710. The van der Waals surface area contributed by atoms with E-state index in [0.717, 1.165) is 6.42 Å². The molecule has 1 N–H and O–H groups in total. The van der Waals surface area contributed by atoms with E-state index in [1.807, 2.05) is 6.92 Å². The van der Waals surface area contributed by atoms with Crippen LogP contribution in [0, 0.1) is 5.95 Å². The average Bonchev–Trinajstić information content (AvgIpc) is 2.34. The van der Waals surface area contributed by atoms with Crippen LogP contribution in [0.3, 0.4) is 0 Å². The molecule has 0 bridgehead atoms. The zero-order chi connectivity index (χ0) is 8.27. The van der Waals surface area contributed by atoms with Crippen molar-refractivity contribution in [2.24, 2.45) is 0 Å². The minimum Gasteiger partial charge on any atom is -0.391 e. The van der Waals surface area contributed by atoms with E-state index >= 15 is 0 Å². The highest BCUT2D eigenvalue weighted by Gasteiger charge is 2.07. The van der Waals surface area contributed by atoms with E-state index in [0.29, 0.717) is 6.54 Å². The Morgan fingerprint density at radius 1 is 1.73 bits per heavy atom. The van der Waals surface area contributed by atoms with Gasteiger partial charge in [-0.25, -0.2) is 4.68 Å². The van der Waals surface area contributed by atoms with Crippen molar-refractivity contribution in [1.82, 2.24) is 9.78 Å². The maximum Gasteiger partial charge on any atom is 0.216 e. The van der Waals surface area contributed by atoms with E-state index in [1.54, 1.807) is 0 Å². The topological polar surface area (TPSA) is 38.0 Å². The van der Waals surface area contributed by atoms with Crippen LogP contribution in [0.1, 0.15) is 18.9 Å². The van der Waals surface area contributed by atoms with E-state index in [4.69, 9.17) is 5.11 Å². The summed E-state index contributed by atoms with van der Waals surface area (Å²) in [6.07, 6.45) is 2.19. The third-order valence-corrected chi connectivity index (χ3v) is 1.45. The molecule has 4 heteroatoms. The molecule has 1 rings (SSSR count). The van der Waals surface area contributed by atoms with E-state index < -0.39 is 5.95 Å². The van der Waals surface area contributed by atoms with Crippen molar-refractivity contribution in [3.63, 3.8) is 0 Å². The summed E-state index contributed by atoms with van der Waals surface area (Å²) in [5, 5.41) is 12.4. The Labute approximate surface area is 64.5 Å². The van der Waals surface area contributed by atoms with Crippen LogP contribution in [-0.2, 0) is 13.2 Å². The zero-order valence-electron chi connectivity index (χ0n) is 6.42. The van der Waals surface area contributed by atoms with Gasteiger partial charge in [-0.15, -0.1) is 0 Å². The first kappa shape index (κ1) is 8.20. The summed E-state index contributed by atoms with van der Waals surface area (Å²) in [6.45, 7) is 2.22. The number of aryl methyl sites for hydroxylation is 1. The van der Waals surface area contributed by atoms with Crippen LogP contribution >= 0.6 is 0 Å². The van der Waals surface area contributed by atoms with E-state index in [2.05, 4.69) is 5.10 Å². The second-order valence-corrected chi connectivity index (χ2v) is 2.34. The normalized spacial score (nSPS) is 10.5. The Morgan fingerprint density at radius 3 is 2.91 bits per heavy atom. The molecule has 0 atom stereocenters. The number of halogens is 1. The van der Waals surface area contributed by atoms with Gasteiger partial charge in [0.05, 0.1) is 18.4 Å². The molecule has 0 saturated heterocycles. The Morgan fingerprint density at radius 2 is 2.45 bits per heavy atom. The molecular weight excluding hydrogens is 147 g/mol. The average molecular weight is 158 g/mol. The van der Waals surface area contributed by atoms with Gasteiger partial charge in [-0.1, -0.05) is 6.92 Å². The van der Waals surface area contributed by atoms with Crippen molar-refractivity contribution >= 4 is 0 Å². The first-order chi connectivity index (χ1) is 5.29. The van der Waals surface area contributed by atoms with Crippen LogP contribution in [0.15, 0.2) is 6.20 Å². The van der Waals surface area contributed by atoms with Crippen molar-refractivity contribution in [3.05, 3.63) is 17.7 Å². The van der Waals surface area contributed by atoms with Gasteiger partial charge in [-0.05, 0) is 6.42 Å². The molecule has 0 aliphatic carbocycles. The number of hydrogen-bond donors (Lipinski definition) is 1. The predicted octanol–water partition coefficient (Wildman–Crippen LogP) is 0.924. The van der Waals surface area contributed by atoms with Crippen molar-refractivity contribution in [2.75, 3.05) is 0 Å². The van der Waals surface area contributed by atoms with E-state index in [-0.39, 0.29) is 12.2 Å². The first-order valence-electron chi connectivity index (χ1n) is 3.60. The number of hydrogen-bond acceptors (Lipinski definition) is 2. The summed E-state index contributed by atoms with van der Waals surface area (Å²) in [5.41, 5.74) is 0.262. The fraction of sp³-hybridized carbons (Fsp3) is 0.571. The van der Waals surface area contributed by atoms with Gasteiger partial charge in [0.25, 0.3) is 0 Å². The summed E-state index contributed by atoms with van der Waals surface area (Å²) < 4.78 is 14.2. The largest absolute Gasteiger partial charge is 0.391 e. The molecule has 0 amide bonds. The maximum atomic E-state index is 13.0. The van der Waals surface area contributed by atoms with Crippen molar-refractivity contribution < 1.29 is 9.50 Å². The SMILES string of the molecule is CCCn1ncc(CO)c1F. The Bertz CT molecular complexity index is 234. The van der Waals surface area contributed by atoms with Gasteiger partial charge in [-0.3, -0.25) is 0 Å². The van der Waals surface area contributed by atoms with Gasteiger partial charge >= 0.3 is 0 Å². The molecule has 0 aromatic carbocycles. The number of nitrogens with zero attached hydrogens (tertiary/aromatic N) is 2. The van der Waals surface area contributed by atoms with E-state index in [9.17, 15) is 4.39 Å². The van der Waals surface area contributed by atoms with Crippen molar-refractivity contribution in [2.45, 2.75) is 26.5 Å². The zero-order valence-corrected chi connectivity index (χ0v) is 6.42. The minimum atomic E-state index is -0.422. The lowest BCUT2D eigenvalue weighted by Gasteiger charge is -1.97. The van der Waals surface area contributed by atoms with Gasteiger partial charge in [0, 0.05) is 6.54 Å². The summed E-state index contributed by atoms with van der Waals surface area (Å²) >= 11 is 0. The van der Waals surface area contributed by atoms with Gasteiger partial charge in [-0.2, -0.15) is 9.49 Å². The lowest BCUT2D eigenvalue weighted by atomic mass is 10.4. The first-order valence-corrected chi connectivity index (χ1v) is 3.60. The minimum absolute atomic E-state index is 0.262. The smallest absolute Gasteiger partial charge is 0.216 e. The molecule has 11 heavy (non-hydrogen) atoms. The lowest BCUT2D eigenvalue weighted by molar-refractivity contribution is 0.273. The molecular formula is C7H11FN2O. The molecule has 0 spiro atoms. The fourth-order valence-electron chi connectivity index (χ4n) is 0.883. The third-order valence-electron chi connectivity index (χ3n) is 1.45. The van der Waals surface area contributed by atoms with E-state index in [1.165, 1.54) is 10.9 Å². The Kier molecular flexibility index (Phi) is 2.59. The maximum absolute atomic E-state index is 13.0. The Balaban J connectivity index is 2.82. The highest BCUT2D eigenvalue weighted by Crippen LogP contribution is 2.05. The van der Waals surface area contributed by atoms with Crippen LogP contribution < -0.4 is 0 Å². The Hall–Kier alpha value is -0.900. The highest BCUT2D eigenvalue weighted by molar-refractivity contribution is 5.04. The number of aromatic nitrogens is 2. The van der Waals surface area contributed by atoms with Gasteiger partial charge in [0.15, 0.2) is 0 Å². The molecule has 0 aliphatic heterocycles. The standard InChI is InChI=1S/C7H11FN2O/c1-2-3-10-7(8)6(5-11)4-9-10/h4,11H,2-3,5H2,1H3. The lowest BCUT2D eigenvalue weighted by Crippen LogP contribution is -2.02. The molecule has 1 aromatic heterocycles. The van der Waals surface area contributed by atoms with Crippen LogP contribution in [0.5, 0.6) is 0 Å². The second kappa shape index (κ2) is 3.48. The molecule has 62 valence electrons. The molecule has 1 aromatic rings. The summed E-state index contributed by atoms with van der Waals surface area (Å²) in [4.78, 5) is 0. The van der Waals surface area contributed by atoms with Crippen LogP contribution in [-0.4, -0.2) is 14.9 Å². The monoisotopic (exact) mass is 158 g/mol. The summed E-state index contributed by atoms with van der Waals surface area (Å²) in [5.74, 6) is -0.422. The fourth-order valence-corrected chi connectivity index (χ4v) is 0.883. The third kappa shape index (κ3) is 1.57. The van der Waals surface area contributed by atoms with Crippen LogP contribution in [0.2, 0.25) is 0 Å². The van der Waals surface area contributed by atoms with Crippen LogP contribution in [0.4, 0.5) is 4.39 Å².